The Kier molecular flexibility index (Phi) is 3.35. The summed E-state index contributed by atoms with van der Waals surface area (Å²) in [5.74, 6) is 0.847. The molecule has 0 bridgehead atoms. The highest BCUT2D eigenvalue weighted by Crippen LogP contribution is 2.32. The van der Waals surface area contributed by atoms with Crippen LogP contribution in [0.3, 0.4) is 0 Å². The number of hydrogen-bond acceptors (Lipinski definition) is 3. The predicted molar refractivity (Wildman–Crippen MR) is 66.8 cm³/mol. The van der Waals surface area contributed by atoms with E-state index in [-0.39, 0.29) is 5.54 Å². The summed E-state index contributed by atoms with van der Waals surface area (Å²) in [5.41, 5.74) is 2.01. The molecule has 0 unspecified atom stereocenters. The van der Waals surface area contributed by atoms with Crippen molar-refractivity contribution in [3.63, 3.8) is 0 Å². The zero-order valence-corrected chi connectivity index (χ0v) is 10.4. The monoisotopic (exact) mass is 230 g/mol. The minimum Gasteiger partial charge on any atom is -0.496 e. The van der Waals surface area contributed by atoms with Gasteiger partial charge in [-0.05, 0) is 44.4 Å². The van der Waals surface area contributed by atoms with Crippen LogP contribution in [0.2, 0.25) is 0 Å². The molecular weight excluding hydrogens is 212 g/mol. The third-order valence-corrected chi connectivity index (χ3v) is 3.57. The molecule has 2 rings (SSSR count). The summed E-state index contributed by atoms with van der Waals surface area (Å²) in [6.45, 7) is 3.01. The molecule has 0 aromatic heterocycles. The van der Waals surface area contributed by atoms with Crippen molar-refractivity contribution in [1.82, 2.24) is 5.32 Å². The van der Waals surface area contributed by atoms with Gasteiger partial charge in [0.05, 0.1) is 18.7 Å². The molecule has 0 amide bonds. The van der Waals surface area contributed by atoms with Crippen molar-refractivity contribution < 1.29 is 4.74 Å². The van der Waals surface area contributed by atoms with E-state index in [2.05, 4.69) is 18.3 Å². The Labute approximate surface area is 102 Å². The number of ether oxygens (including phenoxy) is 1. The van der Waals surface area contributed by atoms with Gasteiger partial charge in [-0.2, -0.15) is 5.26 Å². The van der Waals surface area contributed by atoms with E-state index in [9.17, 15) is 0 Å². The second-order valence-electron chi connectivity index (χ2n) is 4.91. The van der Waals surface area contributed by atoms with Gasteiger partial charge in [0.15, 0.2) is 0 Å². The van der Waals surface area contributed by atoms with E-state index < -0.39 is 0 Å². The number of nitrogens with one attached hydrogen (secondary N) is 1. The molecule has 1 saturated carbocycles. The number of benzene rings is 1. The summed E-state index contributed by atoms with van der Waals surface area (Å²) in [4.78, 5) is 0. The number of hydrogen-bond donors (Lipinski definition) is 1. The van der Waals surface area contributed by atoms with Gasteiger partial charge in [0.25, 0.3) is 0 Å². The topological polar surface area (TPSA) is 45.0 Å². The highest BCUT2D eigenvalue weighted by molar-refractivity contribution is 5.42. The quantitative estimate of drug-likeness (QED) is 0.864. The van der Waals surface area contributed by atoms with Crippen LogP contribution < -0.4 is 10.1 Å². The zero-order valence-electron chi connectivity index (χ0n) is 10.4. The third kappa shape index (κ3) is 2.59. The molecule has 1 aromatic rings. The summed E-state index contributed by atoms with van der Waals surface area (Å²) in [7, 11) is 1.66. The maximum atomic E-state index is 8.90. The molecule has 3 nitrogen and oxygen atoms in total. The largest absolute Gasteiger partial charge is 0.496 e. The molecule has 1 aliphatic rings. The molecule has 0 radical (unpaired) electrons. The Balaban J connectivity index is 2.10. The van der Waals surface area contributed by atoms with Gasteiger partial charge >= 0.3 is 0 Å². The second-order valence-corrected chi connectivity index (χ2v) is 4.91. The van der Waals surface area contributed by atoms with Crippen LogP contribution in [0.4, 0.5) is 0 Å². The van der Waals surface area contributed by atoms with Gasteiger partial charge in [0.1, 0.15) is 5.75 Å². The number of nitrogens with zero attached hydrogens (tertiary/aromatic N) is 1. The summed E-state index contributed by atoms with van der Waals surface area (Å²) < 4.78 is 5.31. The molecule has 17 heavy (non-hydrogen) atoms. The normalized spacial score (nSPS) is 17.0. The summed E-state index contributed by atoms with van der Waals surface area (Å²) in [5, 5.41) is 12.4. The Hall–Kier alpha value is -1.53. The van der Waals surface area contributed by atoms with Crippen LogP contribution in [0.1, 0.15) is 37.3 Å². The first-order valence-electron chi connectivity index (χ1n) is 5.99. The first kappa shape index (κ1) is 11.9. The van der Waals surface area contributed by atoms with E-state index >= 15 is 0 Å². The smallest absolute Gasteiger partial charge is 0.123 e. The lowest BCUT2D eigenvalue weighted by Crippen LogP contribution is -2.47. The van der Waals surface area contributed by atoms with Crippen molar-refractivity contribution >= 4 is 0 Å². The van der Waals surface area contributed by atoms with Crippen LogP contribution in [0.5, 0.6) is 5.75 Å². The van der Waals surface area contributed by atoms with Crippen LogP contribution in [0, 0.1) is 11.3 Å². The van der Waals surface area contributed by atoms with Crippen molar-refractivity contribution in [2.45, 2.75) is 38.3 Å². The average molecular weight is 230 g/mol. The van der Waals surface area contributed by atoms with E-state index in [1.54, 1.807) is 13.2 Å². The molecule has 3 heteroatoms. The standard InChI is InChI=1S/C14H18N2O/c1-14(6-3-7-14)16-10-12-8-11(9-15)4-5-13(12)17-2/h4-5,8,16H,3,6-7,10H2,1-2H3. The van der Waals surface area contributed by atoms with E-state index in [4.69, 9.17) is 10.00 Å². The molecule has 1 fully saturated rings. The second kappa shape index (κ2) is 4.77. The number of nitriles is 1. The molecule has 90 valence electrons. The van der Waals surface area contributed by atoms with Gasteiger partial charge in [-0.3, -0.25) is 0 Å². The van der Waals surface area contributed by atoms with E-state index in [0.29, 0.717) is 5.56 Å². The van der Waals surface area contributed by atoms with Crippen molar-refractivity contribution in [1.29, 1.82) is 5.26 Å². The fourth-order valence-corrected chi connectivity index (χ4v) is 2.18. The predicted octanol–water partition coefficient (Wildman–Crippen LogP) is 2.60. The third-order valence-electron chi connectivity index (χ3n) is 3.57. The molecule has 1 aliphatic carbocycles. The van der Waals surface area contributed by atoms with Crippen molar-refractivity contribution in [3.8, 4) is 11.8 Å². The van der Waals surface area contributed by atoms with E-state index in [1.807, 2.05) is 12.1 Å². The Morgan fingerprint density at radius 2 is 2.24 bits per heavy atom. The van der Waals surface area contributed by atoms with E-state index in [0.717, 1.165) is 17.9 Å². The van der Waals surface area contributed by atoms with Crippen molar-refractivity contribution in [2.75, 3.05) is 7.11 Å². The summed E-state index contributed by atoms with van der Waals surface area (Å²) in [6, 6.07) is 7.70. The Morgan fingerprint density at radius 3 is 2.76 bits per heavy atom. The molecule has 0 saturated heterocycles. The van der Waals surface area contributed by atoms with E-state index in [1.165, 1.54) is 19.3 Å². The maximum Gasteiger partial charge on any atom is 0.123 e. The fourth-order valence-electron chi connectivity index (χ4n) is 2.18. The molecule has 0 aliphatic heterocycles. The van der Waals surface area contributed by atoms with Gasteiger partial charge in [-0.1, -0.05) is 0 Å². The molecule has 1 aromatic carbocycles. The summed E-state index contributed by atoms with van der Waals surface area (Å²) in [6.07, 6.45) is 3.76. The van der Waals surface area contributed by atoms with Crippen LogP contribution in [-0.4, -0.2) is 12.6 Å². The van der Waals surface area contributed by atoms with Crippen molar-refractivity contribution in [2.24, 2.45) is 0 Å². The SMILES string of the molecule is COc1ccc(C#N)cc1CNC1(C)CCC1. The zero-order chi connectivity index (χ0) is 12.3. The van der Waals surface area contributed by atoms with Crippen LogP contribution in [-0.2, 0) is 6.54 Å². The Bertz CT molecular complexity index is 444. The van der Waals surface area contributed by atoms with Crippen LogP contribution >= 0.6 is 0 Å². The van der Waals surface area contributed by atoms with Gasteiger partial charge in [0, 0.05) is 17.6 Å². The van der Waals surface area contributed by atoms with Crippen LogP contribution in [0.15, 0.2) is 18.2 Å². The highest BCUT2D eigenvalue weighted by atomic mass is 16.5. The number of methoxy groups -OCH3 is 1. The molecule has 0 heterocycles. The lowest BCUT2D eigenvalue weighted by molar-refractivity contribution is 0.206. The molecule has 1 N–H and O–H groups in total. The van der Waals surface area contributed by atoms with Crippen molar-refractivity contribution in [3.05, 3.63) is 29.3 Å². The van der Waals surface area contributed by atoms with Gasteiger partial charge in [0.2, 0.25) is 0 Å². The van der Waals surface area contributed by atoms with Gasteiger partial charge in [-0.15, -0.1) is 0 Å². The van der Waals surface area contributed by atoms with Gasteiger partial charge in [-0.25, -0.2) is 0 Å². The minimum absolute atomic E-state index is 0.271. The molecule has 0 atom stereocenters. The highest BCUT2D eigenvalue weighted by Gasteiger charge is 2.30. The first-order chi connectivity index (χ1) is 8.17. The lowest BCUT2D eigenvalue weighted by atomic mass is 9.78. The fraction of sp³-hybridized carbons (Fsp3) is 0.500. The average Bonchev–Trinajstić information content (AvgIpc) is 2.33. The first-order valence-corrected chi connectivity index (χ1v) is 5.99. The molecule has 0 spiro atoms. The Morgan fingerprint density at radius 1 is 1.47 bits per heavy atom. The number of rotatable bonds is 4. The summed E-state index contributed by atoms with van der Waals surface area (Å²) >= 11 is 0. The van der Waals surface area contributed by atoms with Crippen LogP contribution in [0.25, 0.3) is 0 Å². The van der Waals surface area contributed by atoms with Gasteiger partial charge < -0.3 is 10.1 Å². The maximum absolute atomic E-state index is 8.90. The lowest BCUT2D eigenvalue weighted by Gasteiger charge is -2.39. The molecular formula is C14H18N2O. The minimum atomic E-state index is 0.271.